The first kappa shape index (κ1) is 21.6. The first-order valence-electron chi connectivity index (χ1n) is 9.04. The second-order valence-corrected chi connectivity index (χ2v) is 6.47. The molecule has 0 radical (unpaired) electrons. The summed E-state index contributed by atoms with van der Waals surface area (Å²) in [5.74, 6) is -1.30. The van der Waals surface area contributed by atoms with Crippen molar-refractivity contribution in [2.24, 2.45) is 0 Å². The molecule has 0 saturated carbocycles. The molecule has 2 aromatic carbocycles. The van der Waals surface area contributed by atoms with E-state index >= 15 is 0 Å². The van der Waals surface area contributed by atoms with Crippen molar-refractivity contribution < 1.29 is 38.1 Å². The molecule has 3 amide bonds. The maximum Gasteiger partial charge on any atom is 0.338 e. The molecule has 10 nitrogen and oxygen atoms in total. The second-order valence-electron chi connectivity index (χ2n) is 6.47. The van der Waals surface area contributed by atoms with Gasteiger partial charge in [-0.3, -0.25) is 19.3 Å². The van der Waals surface area contributed by atoms with Gasteiger partial charge in [0.15, 0.2) is 18.1 Å². The van der Waals surface area contributed by atoms with Crippen LogP contribution in [-0.2, 0) is 9.53 Å². The van der Waals surface area contributed by atoms with Gasteiger partial charge < -0.3 is 24.3 Å². The average molecular weight is 428 g/mol. The Morgan fingerprint density at radius 2 is 1.52 bits per heavy atom. The molecule has 0 atom stereocenters. The number of esters is 1. The number of imide groups is 1. The Hall–Kier alpha value is -4.08. The third kappa shape index (κ3) is 4.13. The van der Waals surface area contributed by atoms with Gasteiger partial charge in [0.25, 0.3) is 17.7 Å². The van der Waals surface area contributed by atoms with Gasteiger partial charge in [0, 0.05) is 24.9 Å². The van der Waals surface area contributed by atoms with Crippen molar-refractivity contribution in [3.05, 3.63) is 47.0 Å². The third-order valence-corrected chi connectivity index (χ3v) is 4.61. The smallest absolute Gasteiger partial charge is 0.338 e. The molecule has 3 rings (SSSR count). The van der Waals surface area contributed by atoms with Gasteiger partial charge in [0.2, 0.25) is 5.75 Å². The first-order valence-corrected chi connectivity index (χ1v) is 9.04. The van der Waals surface area contributed by atoms with E-state index in [1.54, 1.807) is 0 Å². The van der Waals surface area contributed by atoms with E-state index in [9.17, 15) is 19.2 Å². The molecule has 1 N–H and O–H groups in total. The highest BCUT2D eigenvalue weighted by Gasteiger charge is 2.33. The normalized spacial score (nSPS) is 12.3. The number of nitrogens with one attached hydrogen (secondary N) is 1. The number of ether oxygens (including phenoxy) is 4. The summed E-state index contributed by atoms with van der Waals surface area (Å²) in [5.41, 5.74) is 0.726. The van der Waals surface area contributed by atoms with Crippen LogP contribution in [-0.4, -0.2) is 63.6 Å². The Morgan fingerprint density at radius 1 is 0.903 bits per heavy atom. The number of rotatable bonds is 7. The van der Waals surface area contributed by atoms with Crippen LogP contribution in [0.2, 0.25) is 0 Å². The standard InChI is InChI=1S/C21H20N2O8/c1-23-19(25)13-6-5-11(7-14(13)20(23)26)21(27)31-10-17(24)22-12-8-15(28-2)18(30-4)16(9-12)29-3/h5-9H,10H2,1-4H3,(H,22,24). The number of carbonyl (C=O) groups is 4. The number of hydrogen-bond acceptors (Lipinski definition) is 8. The summed E-state index contributed by atoms with van der Waals surface area (Å²) in [6, 6.07) is 7.08. The zero-order valence-electron chi connectivity index (χ0n) is 17.3. The minimum Gasteiger partial charge on any atom is -0.493 e. The molecule has 31 heavy (non-hydrogen) atoms. The van der Waals surface area contributed by atoms with Gasteiger partial charge in [-0.1, -0.05) is 0 Å². The molecule has 0 spiro atoms. The summed E-state index contributed by atoms with van der Waals surface area (Å²) in [4.78, 5) is 49.4. The molecule has 1 heterocycles. The average Bonchev–Trinajstić information content (AvgIpc) is 3.00. The summed E-state index contributed by atoms with van der Waals surface area (Å²) in [5, 5.41) is 2.57. The number of hydrogen-bond donors (Lipinski definition) is 1. The quantitative estimate of drug-likeness (QED) is 0.523. The summed E-state index contributed by atoms with van der Waals surface area (Å²) < 4.78 is 20.7. The molecule has 0 bridgehead atoms. The molecule has 0 saturated heterocycles. The van der Waals surface area contributed by atoms with Crippen LogP contribution >= 0.6 is 0 Å². The monoisotopic (exact) mass is 428 g/mol. The maximum atomic E-state index is 12.3. The van der Waals surface area contributed by atoms with Crippen molar-refractivity contribution in [2.45, 2.75) is 0 Å². The lowest BCUT2D eigenvalue weighted by Gasteiger charge is -2.14. The van der Waals surface area contributed by atoms with Crippen LogP contribution in [0.25, 0.3) is 0 Å². The Labute approximate surface area is 177 Å². The lowest BCUT2D eigenvalue weighted by atomic mass is 10.1. The number of nitrogens with zero attached hydrogens (tertiary/aromatic N) is 1. The van der Waals surface area contributed by atoms with Gasteiger partial charge in [-0.15, -0.1) is 0 Å². The lowest BCUT2D eigenvalue weighted by Crippen LogP contribution is -2.24. The molecule has 162 valence electrons. The zero-order valence-corrected chi connectivity index (χ0v) is 17.3. The number of benzene rings is 2. The second kappa shape index (κ2) is 8.74. The number of amides is 3. The Kier molecular flexibility index (Phi) is 6.10. The summed E-state index contributed by atoms with van der Waals surface area (Å²) >= 11 is 0. The molecule has 0 aromatic heterocycles. The summed E-state index contributed by atoms with van der Waals surface area (Å²) in [6.45, 7) is -0.570. The number of fused-ring (bicyclic) bond motifs is 1. The fourth-order valence-electron chi connectivity index (χ4n) is 3.05. The molecule has 10 heteroatoms. The van der Waals surface area contributed by atoms with E-state index in [2.05, 4.69) is 5.32 Å². The largest absolute Gasteiger partial charge is 0.493 e. The van der Waals surface area contributed by atoms with Crippen LogP contribution in [0.1, 0.15) is 31.1 Å². The van der Waals surface area contributed by atoms with Crippen molar-refractivity contribution in [1.82, 2.24) is 4.90 Å². The number of methoxy groups -OCH3 is 3. The maximum absolute atomic E-state index is 12.3. The van der Waals surface area contributed by atoms with Crippen LogP contribution in [0.5, 0.6) is 17.2 Å². The summed E-state index contributed by atoms with van der Waals surface area (Å²) in [6.07, 6.45) is 0. The van der Waals surface area contributed by atoms with Crippen LogP contribution in [0, 0.1) is 0 Å². The molecule has 2 aromatic rings. The van der Waals surface area contributed by atoms with Crippen molar-refractivity contribution in [3.63, 3.8) is 0 Å². The van der Waals surface area contributed by atoms with Gasteiger partial charge in [-0.2, -0.15) is 0 Å². The van der Waals surface area contributed by atoms with E-state index in [1.165, 1.54) is 58.7 Å². The predicted molar refractivity (Wildman–Crippen MR) is 108 cm³/mol. The Balaban J connectivity index is 1.66. The van der Waals surface area contributed by atoms with Crippen LogP contribution < -0.4 is 19.5 Å². The molecular formula is C21H20N2O8. The van der Waals surface area contributed by atoms with E-state index in [1.807, 2.05) is 0 Å². The molecular weight excluding hydrogens is 408 g/mol. The highest BCUT2D eigenvalue weighted by molar-refractivity contribution is 6.21. The van der Waals surface area contributed by atoms with Crippen LogP contribution in [0.3, 0.4) is 0 Å². The highest BCUT2D eigenvalue weighted by Crippen LogP contribution is 2.39. The van der Waals surface area contributed by atoms with E-state index in [0.29, 0.717) is 22.9 Å². The minimum absolute atomic E-state index is 0.0517. The van der Waals surface area contributed by atoms with E-state index < -0.39 is 30.3 Å². The zero-order chi connectivity index (χ0) is 22.7. The van der Waals surface area contributed by atoms with Gasteiger partial charge in [-0.05, 0) is 18.2 Å². The Bertz CT molecular complexity index is 1050. The predicted octanol–water partition coefficient (Wildman–Crippen LogP) is 1.73. The first-order chi connectivity index (χ1) is 14.8. The molecule has 1 aliphatic rings. The molecule has 0 fully saturated rings. The number of anilines is 1. The molecule has 0 aliphatic carbocycles. The van der Waals surface area contributed by atoms with Crippen LogP contribution in [0.4, 0.5) is 5.69 Å². The topological polar surface area (TPSA) is 120 Å². The third-order valence-electron chi connectivity index (χ3n) is 4.61. The van der Waals surface area contributed by atoms with Gasteiger partial charge in [0.05, 0.1) is 38.0 Å². The van der Waals surface area contributed by atoms with E-state index in [0.717, 1.165) is 4.90 Å². The van der Waals surface area contributed by atoms with Crippen molar-refractivity contribution in [1.29, 1.82) is 0 Å². The Morgan fingerprint density at radius 3 is 2.10 bits per heavy atom. The minimum atomic E-state index is -0.808. The molecule has 0 unspecified atom stereocenters. The lowest BCUT2D eigenvalue weighted by molar-refractivity contribution is -0.119. The van der Waals surface area contributed by atoms with Crippen molar-refractivity contribution in [2.75, 3.05) is 40.3 Å². The fraction of sp³-hybridized carbons (Fsp3) is 0.238. The van der Waals surface area contributed by atoms with E-state index in [-0.39, 0.29) is 16.7 Å². The van der Waals surface area contributed by atoms with Gasteiger partial charge in [-0.25, -0.2) is 4.79 Å². The fourth-order valence-corrected chi connectivity index (χ4v) is 3.05. The van der Waals surface area contributed by atoms with Crippen LogP contribution in [0.15, 0.2) is 30.3 Å². The SMILES string of the molecule is COc1cc(NC(=O)COC(=O)c2ccc3c(c2)C(=O)N(C)C3=O)cc(OC)c1OC. The van der Waals surface area contributed by atoms with Crippen molar-refractivity contribution >= 4 is 29.4 Å². The number of carbonyl (C=O) groups excluding carboxylic acids is 4. The van der Waals surface area contributed by atoms with Crippen molar-refractivity contribution in [3.8, 4) is 17.2 Å². The summed E-state index contributed by atoms with van der Waals surface area (Å²) in [7, 11) is 5.70. The van der Waals surface area contributed by atoms with Gasteiger partial charge in [0.1, 0.15) is 0 Å². The highest BCUT2D eigenvalue weighted by atomic mass is 16.5. The van der Waals surface area contributed by atoms with Gasteiger partial charge >= 0.3 is 5.97 Å². The van der Waals surface area contributed by atoms with E-state index in [4.69, 9.17) is 18.9 Å². The molecule has 1 aliphatic heterocycles.